The van der Waals surface area contributed by atoms with Crippen LogP contribution in [0.4, 0.5) is 13.2 Å². The van der Waals surface area contributed by atoms with Gasteiger partial charge >= 0.3 is 12.3 Å². The zero-order chi connectivity index (χ0) is 13.3. The summed E-state index contributed by atoms with van der Waals surface area (Å²) in [5, 5.41) is 9.01. The first-order chi connectivity index (χ1) is 8.35. The summed E-state index contributed by atoms with van der Waals surface area (Å²) in [6, 6.07) is 4.75. The van der Waals surface area contributed by atoms with Gasteiger partial charge in [-0.15, -0.1) is 13.2 Å². The molecule has 1 aromatic heterocycles. The van der Waals surface area contributed by atoms with Crippen LogP contribution in [0, 0.1) is 0 Å². The van der Waals surface area contributed by atoms with Crippen molar-refractivity contribution in [3.8, 4) is 5.75 Å². The zero-order valence-electron chi connectivity index (χ0n) is 8.73. The van der Waals surface area contributed by atoms with Gasteiger partial charge in [0.25, 0.3) is 0 Å². The number of pyridine rings is 1. The highest BCUT2D eigenvalue weighted by Gasteiger charge is 2.31. The molecule has 1 heterocycles. The second-order valence-electron chi connectivity index (χ2n) is 3.43. The van der Waals surface area contributed by atoms with Crippen molar-refractivity contribution in [2.24, 2.45) is 0 Å². The molecular weight excluding hydrogens is 251 g/mol. The van der Waals surface area contributed by atoms with Gasteiger partial charge in [0.15, 0.2) is 0 Å². The van der Waals surface area contributed by atoms with Crippen molar-refractivity contribution < 1.29 is 27.8 Å². The van der Waals surface area contributed by atoms with Gasteiger partial charge < -0.3 is 9.84 Å². The number of carbonyl (C=O) groups is 1. The first-order valence-corrected chi connectivity index (χ1v) is 4.74. The Balaban J connectivity index is 2.45. The molecule has 0 fully saturated rings. The van der Waals surface area contributed by atoms with Crippen LogP contribution in [0.3, 0.4) is 0 Å². The predicted molar refractivity (Wildman–Crippen MR) is 55.4 cm³/mol. The van der Waals surface area contributed by atoms with E-state index in [1.54, 1.807) is 0 Å². The molecule has 0 aliphatic heterocycles. The van der Waals surface area contributed by atoms with Crippen LogP contribution in [0.25, 0.3) is 10.9 Å². The number of aromatic carboxylic acids is 1. The third kappa shape index (κ3) is 2.68. The molecule has 18 heavy (non-hydrogen) atoms. The average Bonchev–Trinajstić information content (AvgIpc) is 2.25. The fourth-order valence-electron chi connectivity index (χ4n) is 1.42. The van der Waals surface area contributed by atoms with E-state index in [4.69, 9.17) is 5.11 Å². The number of nitrogens with zero attached hydrogens (tertiary/aromatic N) is 1. The van der Waals surface area contributed by atoms with Gasteiger partial charge in [-0.05, 0) is 24.3 Å². The lowest BCUT2D eigenvalue weighted by atomic mass is 10.1. The molecule has 4 nitrogen and oxygen atoms in total. The van der Waals surface area contributed by atoms with E-state index >= 15 is 0 Å². The molecule has 7 heteroatoms. The van der Waals surface area contributed by atoms with E-state index in [1.165, 1.54) is 12.1 Å². The maximum absolute atomic E-state index is 12.0. The number of benzene rings is 1. The lowest BCUT2D eigenvalue weighted by molar-refractivity contribution is -0.274. The molecule has 0 radical (unpaired) electrons. The summed E-state index contributed by atoms with van der Waals surface area (Å²) >= 11 is 0. The summed E-state index contributed by atoms with van der Waals surface area (Å²) in [7, 11) is 0. The van der Waals surface area contributed by atoms with Crippen LogP contribution in [0.1, 0.15) is 10.4 Å². The summed E-state index contributed by atoms with van der Waals surface area (Å²) in [6.45, 7) is 0. The molecule has 0 unspecified atom stereocenters. The van der Waals surface area contributed by atoms with Crippen molar-refractivity contribution in [2.45, 2.75) is 6.36 Å². The van der Waals surface area contributed by atoms with E-state index in [0.29, 0.717) is 5.52 Å². The second-order valence-corrected chi connectivity index (χ2v) is 3.43. The minimum Gasteiger partial charge on any atom is -0.478 e. The van der Waals surface area contributed by atoms with Crippen molar-refractivity contribution >= 4 is 16.9 Å². The third-order valence-corrected chi connectivity index (χ3v) is 2.13. The largest absolute Gasteiger partial charge is 0.573 e. The lowest BCUT2D eigenvalue weighted by Crippen LogP contribution is -2.17. The van der Waals surface area contributed by atoms with Gasteiger partial charge in [-0.1, -0.05) is 0 Å². The van der Waals surface area contributed by atoms with Crippen LogP contribution < -0.4 is 4.74 Å². The average molecular weight is 257 g/mol. The summed E-state index contributed by atoms with van der Waals surface area (Å²) in [5.74, 6) is -1.62. The van der Waals surface area contributed by atoms with Gasteiger partial charge in [0.2, 0.25) is 0 Å². The summed E-state index contributed by atoms with van der Waals surface area (Å²) in [5.41, 5.74) is 0.279. The molecule has 2 rings (SSSR count). The fraction of sp³-hybridized carbons (Fsp3) is 0.0909. The number of rotatable bonds is 2. The number of fused-ring (bicyclic) bond motifs is 1. The summed E-state index contributed by atoms with van der Waals surface area (Å²) < 4.78 is 39.8. The zero-order valence-corrected chi connectivity index (χ0v) is 8.73. The Kier molecular flexibility index (Phi) is 2.82. The number of hydrogen-bond acceptors (Lipinski definition) is 3. The van der Waals surface area contributed by atoms with Gasteiger partial charge in [-0.25, -0.2) is 4.79 Å². The standard InChI is InChI=1S/C11H6F3NO3/c12-11(13,14)18-8-1-2-9-6(4-8)3-7(5-15-9)10(16)17/h1-5H,(H,16,17). The molecule has 1 aromatic carbocycles. The third-order valence-electron chi connectivity index (χ3n) is 2.13. The maximum Gasteiger partial charge on any atom is 0.573 e. The Hall–Kier alpha value is -2.31. The Morgan fingerprint density at radius 2 is 2.00 bits per heavy atom. The topological polar surface area (TPSA) is 59.4 Å². The quantitative estimate of drug-likeness (QED) is 0.898. The van der Waals surface area contributed by atoms with Crippen LogP contribution >= 0.6 is 0 Å². The van der Waals surface area contributed by atoms with Crippen LogP contribution in [0.2, 0.25) is 0 Å². The number of ether oxygens (including phenoxy) is 1. The van der Waals surface area contributed by atoms with Crippen LogP contribution in [-0.2, 0) is 0 Å². The monoisotopic (exact) mass is 257 g/mol. The number of aromatic nitrogens is 1. The Bertz CT molecular complexity index is 610. The Morgan fingerprint density at radius 3 is 2.61 bits per heavy atom. The van der Waals surface area contributed by atoms with E-state index in [1.807, 2.05) is 0 Å². The van der Waals surface area contributed by atoms with Crippen molar-refractivity contribution in [2.75, 3.05) is 0 Å². The minimum absolute atomic E-state index is 0.105. The molecular formula is C11H6F3NO3. The molecule has 2 aromatic rings. The molecule has 0 saturated heterocycles. The highest BCUT2D eigenvalue weighted by Crippen LogP contribution is 2.26. The number of hydrogen-bond donors (Lipinski definition) is 1. The van der Waals surface area contributed by atoms with Crippen molar-refractivity contribution in [1.29, 1.82) is 0 Å². The van der Waals surface area contributed by atoms with Gasteiger partial charge in [0, 0.05) is 11.6 Å². The summed E-state index contributed by atoms with van der Waals surface area (Å²) in [4.78, 5) is 14.5. The fourth-order valence-corrected chi connectivity index (χ4v) is 1.42. The van der Waals surface area contributed by atoms with E-state index in [9.17, 15) is 18.0 Å². The molecule has 0 bridgehead atoms. The first kappa shape index (κ1) is 12.2. The highest BCUT2D eigenvalue weighted by molar-refractivity contribution is 5.92. The molecule has 94 valence electrons. The molecule has 0 aliphatic rings. The van der Waals surface area contributed by atoms with Crippen molar-refractivity contribution in [1.82, 2.24) is 4.98 Å². The maximum atomic E-state index is 12.0. The minimum atomic E-state index is -4.79. The van der Waals surface area contributed by atoms with E-state index in [2.05, 4.69) is 9.72 Å². The Morgan fingerprint density at radius 1 is 1.28 bits per heavy atom. The van der Waals surface area contributed by atoms with Crippen LogP contribution in [-0.4, -0.2) is 22.4 Å². The Labute approximate surface area is 98.6 Å². The SMILES string of the molecule is O=C(O)c1cnc2ccc(OC(F)(F)F)cc2c1. The van der Waals surface area contributed by atoms with Crippen LogP contribution in [0.15, 0.2) is 30.5 Å². The lowest BCUT2D eigenvalue weighted by Gasteiger charge is -2.09. The number of carboxylic acid groups (broad SMARTS) is 1. The van der Waals surface area contributed by atoms with Gasteiger partial charge in [-0.2, -0.15) is 0 Å². The van der Waals surface area contributed by atoms with Crippen molar-refractivity contribution in [3.05, 3.63) is 36.0 Å². The van der Waals surface area contributed by atoms with Gasteiger partial charge in [0.05, 0.1) is 11.1 Å². The van der Waals surface area contributed by atoms with Crippen molar-refractivity contribution in [3.63, 3.8) is 0 Å². The number of alkyl halides is 3. The molecule has 1 N–H and O–H groups in total. The van der Waals surface area contributed by atoms with E-state index in [-0.39, 0.29) is 10.9 Å². The predicted octanol–water partition coefficient (Wildman–Crippen LogP) is 2.83. The summed E-state index contributed by atoms with van der Waals surface area (Å²) in [6.07, 6.45) is -3.65. The second kappa shape index (κ2) is 4.17. The number of carboxylic acids is 1. The van der Waals surface area contributed by atoms with Gasteiger partial charge in [0.1, 0.15) is 5.75 Å². The van der Waals surface area contributed by atoms with E-state index < -0.39 is 18.1 Å². The van der Waals surface area contributed by atoms with E-state index in [0.717, 1.165) is 18.3 Å². The number of halogens is 3. The molecule has 0 saturated carbocycles. The molecule has 0 aliphatic carbocycles. The highest BCUT2D eigenvalue weighted by atomic mass is 19.4. The smallest absolute Gasteiger partial charge is 0.478 e. The van der Waals surface area contributed by atoms with Gasteiger partial charge in [-0.3, -0.25) is 4.98 Å². The first-order valence-electron chi connectivity index (χ1n) is 4.74. The molecule has 0 atom stereocenters. The molecule has 0 spiro atoms. The van der Waals surface area contributed by atoms with Crippen LogP contribution in [0.5, 0.6) is 5.75 Å². The normalized spacial score (nSPS) is 11.5. The molecule has 0 amide bonds.